The molecule has 16 heavy (non-hydrogen) atoms. The van der Waals surface area contributed by atoms with E-state index in [1.165, 1.54) is 11.8 Å². The van der Waals surface area contributed by atoms with E-state index in [9.17, 15) is 18.0 Å². The lowest BCUT2D eigenvalue weighted by Crippen LogP contribution is -2.25. The van der Waals surface area contributed by atoms with E-state index < -0.39 is 18.2 Å². The Morgan fingerprint density at radius 2 is 1.81 bits per heavy atom. The molecule has 2 nitrogen and oxygen atoms in total. The fourth-order valence-corrected chi connectivity index (χ4v) is 1.62. The van der Waals surface area contributed by atoms with Gasteiger partial charge in [0.2, 0.25) is 0 Å². The zero-order valence-corrected chi connectivity index (χ0v) is 10.5. The van der Waals surface area contributed by atoms with Crippen molar-refractivity contribution in [1.29, 1.82) is 0 Å². The minimum atomic E-state index is -4.10. The van der Waals surface area contributed by atoms with Gasteiger partial charge in [-0.15, -0.1) is 0 Å². The second-order valence-electron chi connectivity index (χ2n) is 4.36. The van der Waals surface area contributed by atoms with Gasteiger partial charge < -0.3 is 4.74 Å². The van der Waals surface area contributed by atoms with E-state index in [0.717, 1.165) is 0 Å². The van der Waals surface area contributed by atoms with Crippen LogP contribution < -0.4 is 0 Å². The maximum absolute atomic E-state index is 11.8. The standard InChI is InChI=1S/C10H17F3O2S/c1-9(2,3)15-8(14)7-16-6-4-5-10(11,12)13/h4-7H2,1-3H3. The highest BCUT2D eigenvalue weighted by atomic mass is 32.2. The van der Waals surface area contributed by atoms with Gasteiger partial charge in [-0.25, -0.2) is 0 Å². The van der Waals surface area contributed by atoms with Crippen molar-refractivity contribution >= 4 is 17.7 Å². The van der Waals surface area contributed by atoms with Gasteiger partial charge in [0.15, 0.2) is 0 Å². The second-order valence-corrected chi connectivity index (χ2v) is 5.46. The molecule has 0 aromatic heterocycles. The number of carbonyl (C=O) groups is 1. The molecule has 96 valence electrons. The summed E-state index contributed by atoms with van der Waals surface area (Å²) in [5.74, 6) is 0.0398. The molecule has 0 amide bonds. The van der Waals surface area contributed by atoms with Crippen molar-refractivity contribution in [3.8, 4) is 0 Å². The third kappa shape index (κ3) is 11.7. The van der Waals surface area contributed by atoms with Crippen LogP contribution in [0, 0.1) is 0 Å². The molecule has 6 heteroatoms. The fraction of sp³-hybridized carbons (Fsp3) is 0.900. The quantitative estimate of drug-likeness (QED) is 0.558. The van der Waals surface area contributed by atoms with Gasteiger partial charge in [-0.3, -0.25) is 4.79 Å². The van der Waals surface area contributed by atoms with E-state index in [-0.39, 0.29) is 18.1 Å². The van der Waals surface area contributed by atoms with Crippen LogP contribution in [0.2, 0.25) is 0 Å². The van der Waals surface area contributed by atoms with Crippen molar-refractivity contribution in [2.75, 3.05) is 11.5 Å². The van der Waals surface area contributed by atoms with Crippen LogP contribution in [0.4, 0.5) is 13.2 Å². The highest BCUT2D eigenvalue weighted by Crippen LogP contribution is 2.22. The van der Waals surface area contributed by atoms with Crippen molar-refractivity contribution in [2.24, 2.45) is 0 Å². The molecule has 0 aliphatic carbocycles. The fourth-order valence-electron chi connectivity index (χ4n) is 0.901. The number of ether oxygens (including phenoxy) is 1. The summed E-state index contributed by atoms with van der Waals surface area (Å²) < 4.78 is 40.3. The Morgan fingerprint density at radius 3 is 2.25 bits per heavy atom. The van der Waals surface area contributed by atoms with Gasteiger partial charge in [-0.2, -0.15) is 24.9 Å². The summed E-state index contributed by atoms with van der Waals surface area (Å²) in [6.07, 6.45) is -4.86. The average molecular weight is 258 g/mol. The maximum Gasteiger partial charge on any atom is 0.389 e. The minimum Gasteiger partial charge on any atom is -0.459 e. The molecule has 0 N–H and O–H groups in total. The maximum atomic E-state index is 11.8. The lowest BCUT2D eigenvalue weighted by Gasteiger charge is -2.19. The van der Waals surface area contributed by atoms with Gasteiger partial charge in [-0.05, 0) is 32.9 Å². The van der Waals surface area contributed by atoms with Crippen LogP contribution in [0.5, 0.6) is 0 Å². The first-order valence-electron chi connectivity index (χ1n) is 4.96. The van der Waals surface area contributed by atoms with E-state index in [1.54, 1.807) is 20.8 Å². The van der Waals surface area contributed by atoms with Crippen LogP contribution in [0.25, 0.3) is 0 Å². The molecule has 0 aromatic rings. The lowest BCUT2D eigenvalue weighted by molar-refractivity contribution is -0.151. The molecule has 0 aromatic carbocycles. The first kappa shape index (κ1) is 15.6. The van der Waals surface area contributed by atoms with Gasteiger partial charge in [-0.1, -0.05) is 0 Å². The summed E-state index contributed by atoms with van der Waals surface area (Å²) in [5.41, 5.74) is -0.538. The van der Waals surface area contributed by atoms with Crippen molar-refractivity contribution in [3.63, 3.8) is 0 Å². The molecule has 0 heterocycles. The van der Waals surface area contributed by atoms with Crippen molar-refractivity contribution in [2.45, 2.75) is 45.4 Å². The molecule has 0 unspecified atom stereocenters. The average Bonchev–Trinajstić information content (AvgIpc) is 1.97. The number of esters is 1. The SMILES string of the molecule is CC(C)(C)OC(=O)CSCCCC(F)(F)F. The summed E-state index contributed by atoms with van der Waals surface area (Å²) in [5, 5.41) is 0. The van der Waals surface area contributed by atoms with Crippen LogP contribution in [0.1, 0.15) is 33.6 Å². The summed E-state index contributed by atoms with van der Waals surface area (Å²) >= 11 is 1.17. The number of hydrogen-bond donors (Lipinski definition) is 0. The Labute approximate surface area is 97.9 Å². The summed E-state index contributed by atoms with van der Waals surface area (Å²) in [6, 6.07) is 0. The molecule has 0 radical (unpaired) electrons. The predicted molar refractivity (Wildman–Crippen MR) is 58.5 cm³/mol. The molecule has 0 saturated carbocycles. The van der Waals surface area contributed by atoms with E-state index in [1.807, 2.05) is 0 Å². The molecule has 0 rings (SSSR count). The molecule has 0 saturated heterocycles. The van der Waals surface area contributed by atoms with Gasteiger partial charge >= 0.3 is 12.1 Å². The van der Waals surface area contributed by atoms with Gasteiger partial charge in [0, 0.05) is 6.42 Å². The van der Waals surface area contributed by atoms with Crippen LogP contribution in [0.15, 0.2) is 0 Å². The predicted octanol–water partition coefficient (Wildman–Crippen LogP) is 3.40. The zero-order chi connectivity index (χ0) is 12.8. The Balaban J connectivity index is 3.50. The molecular weight excluding hydrogens is 241 g/mol. The first-order chi connectivity index (χ1) is 7.10. The van der Waals surface area contributed by atoms with Crippen LogP contribution in [-0.2, 0) is 9.53 Å². The number of rotatable bonds is 5. The highest BCUT2D eigenvalue weighted by Gasteiger charge is 2.26. The third-order valence-electron chi connectivity index (χ3n) is 1.39. The van der Waals surface area contributed by atoms with E-state index in [4.69, 9.17) is 4.74 Å². The van der Waals surface area contributed by atoms with Crippen molar-refractivity contribution in [1.82, 2.24) is 0 Å². The topological polar surface area (TPSA) is 26.3 Å². The highest BCUT2D eigenvalue weighted by molar-refractivity contribution is 7.99. The monoisotopic (exact) mass is 258 g/mol. The molecule has 0 aliphatic rings. The Hall–Kier alpha value is -0.390. The third-order valence-corrected chi connectivity index (χ3v) is 2.41. The van der Waals surface area contributed by atoms with Crippen LogP contribution in [-0.4, -0.2) is 29.3 Å². The summed E-state index contributed by atoms with van der Waals surface area (Å²) in [7, 11) is 0. The lowest BCUT2D eigenvalue weighted by atomic mass is 10.2. The first-order valence-corrected chi connectivity index (χ1v) is 6.12. The van der Waals surface area contributed by atoms with E-state index in [0.29, 0.717) is 5.75 Å². The van der Waals surface area contributed by atoms with Gasteiger partial charge in [0.05, 0.1) is 5.75 Å². The van der Waals surface area contributed by atoms with Gasteiger partial charge in [0.25, 0.3) is 0 Å². The van der Waals surface area contributed by atoms with Gasteiger partial charge in [0.1, 0.15) is 5.60 Å². The molecule has 0 fully saturated rings. The molecule has 0 bridgehead atoms. The minimum absolute atomic E-state index is 0.0387. The van der Waals surface area contributed by atoms with Crippen molar-refractivity contribution < 1.29 is 22.7 Å². The number of carbonyl (C=O) groups excluding carboxylic acids is 1. The molecule has 0 aliphatic heterocycles. The normalized spacial score (nSPS) is 12.6. The smallest absolute Gasteiger partial charge is 0.389 e. The van der Waals surface area contributed by atoms with Crippen LogP contribution >= 0.6 is 11.8 Å². The largest absolute Gasteiger partial charge is 0.459 e. The summed E-state index contributed by atoms with van der Waals surface area (Å²) in [6.45, 7) is 5.25. The number of hydrogen-bond acceptors (Lipinski definition) is 3. The Morgan fingerprint density at radius 1 is 1.25 bits per heavy atom. The molecular formula is C10H17F3O2S. The Kier molecular flexibility index (Phi) is 6.22. The number of thioether (sulfide) groups is 1. The number of halogens is 3. The Bertz CT molecular complexity index is 221. The van der Waals surface area contributed by atoms with Crippen LogP contribution in [0.3, 0.4) is 0 Å². The van der Waals surface area contributed by atoms with E-state index in [2.05, 4.69) is 0 Å². The molecule has 0 atom stereocenters. The summed E-state index contributed by atoms with van der Waals surface area (Å²) in [4.78, 5) is 11.2. The molecule has 0 spiro atoms. The van der Waals surface area contributed by atoms with E-state index >= 15 is 0 Å². The number of alkyl halides is 3. The zero-order valence-electron chi connectivity index (χ0n) is 9.69. The van der Waals surface area contributed by atoms with Crippen molar-refractivity contribution in [3.05, 3.63) is 0 Å². The second kappa shape index (κ2) is 6.37.